The Balaban J connectivity index is 2.07. The zero-order chi connectivity index (χ0) is 31.7. The van der Waals surface area contributed by atoms with Gasteiger partial charge in [-0.2, -0.15) is 5.26 Å². The summed E-state index contributed by atoms with van der Waals surface area (Å²) < 4.78 is 55.3. The standard InChI is InChI=1S/C29H47N2O11P/c1-29(2,3)42-28(33)31-15-18-35-19-20-36-21-22-37-23-24-41-43(34,40-17-10-14-30)39-16-9-5-8-13-27(32)38-25-26-11-6-4-7-12-26/h4,6-7,11-12H,5,8-10,13,15-25H2,1-3H3,(H,31,33). The first-order valence-electron chi connectivity index (χ1n) is 14.4. The zero-order valence-corrected chi connectivity index (χ0v) is 26.5. The summed E-state index contributed by atoms with van der Waals surface area (Å²) in [7, 11) is -3.86. The van der Waals surface area contributed by atoms with Gasteiger partial charge in [-0.1, -0.05) is 36.8 Å². The fourth-order valence-electron chi connectivity index (χ4n) is 3.14. The molecule has 0 aliphatic heterocycles. The third-order valence-corrected chi connectivity index (χ3v) is 6.61. The second kappa shape index (κ2) is 23.8. The number of hydrogen-bond donors (Lipinski definition) is 1. The maximum absolute atomic E-state index is 12.9. The van der Waals surface area contributed by atoms with Crippen molar-refractivity contribution < 1.29 is 51.4 Å². The van der Waals surface area contributed by atoms with Crippen molar-refractivity contribution in [2.24, 2.45) is 0 Å². The van der Waals surface area contributed by atoms with Gasteiger partial charge in [-0.25, -0.2) is 9.36 Å². The van der Waals surface area contributed by atoms with Gasteiger partial charge >= 0.3 is 19.9 Å². The second-order valence-corrected chi connectivity index (χ2v) is 11.7. The van der Waals surface area contributed by atoms with Gasteiger partial charge in [-0.3, -0.25) is 18.4 Å². The van der Waals surface area contributed by atoms with Gasteiger partial charge in [0.05, 0.1) is 72.0 Å². The third-order valence-electron chi connectivity index (χ3n) is 5.12. The molecule has 14 heteroatoms. The van der Waals surface area contributed by atoms with Crippen molar-refractivity contribution in [2.75, 3.05) is 66.0 Å². The Bertz CT molecular complexity index is 967. The second-order valence-electron chi connectivity index (χ2n) is 10.1. The topological polar surface area (TPSA) is 161 Å². The van der Waals surface area contributed by atoms with Gasteiger partial charge in [0, 0.05) is 13.0 Å². The predicted octanol–water partition coefficient (Wildman–Crippen LogP) is 4.94. The smallest absolute Gasteiger partial charge is 0.461 e. The Morgan fingerprint density at radius 1 is 0.814 bits per heavy atom. The van der Waals surface area contributed by atoms with Crippen LogP contribution in [0.4, 0.5) is 4.79 Å². The Hall–Kier alpha value is -2.56. The number of unbranched alkanes of at least 4 members (excludes halogenated alkanes) is 2. The molecule has 13 nitrogen and oxygen atoms in total. The van der Waals surface area contributed by atoms with Crippen LogP contribution in [0, 0.1) is 11.3 Å². The van der Waals surface area contributed by atoms with E-state index in [1.165, 1.54) is 0 Å². The summed E-state index contributed by atoms with van der Waals surface area (Å²) in [4.78, 5) is 23.4. The normalized spacial score (nSPS) is 12.7. The quantitative estimate of drug-likeness (QED) is 0.0882. The molecule has 0 bridgehead atoms. The molecule has 244 valence electrons. The van der Waals surface area contributed by atoms with Gasteiger partial charge in [0.15, 0.2) is 0 Å². The number of benzene rings is 1. The van der Waals surface area contributed by atoms with Crippen LogP contribution in [0.15, 0.2) is 30.3 Å². The number of alkyl carbamates (subject to hydrolysis) is 1. The summed E-state index contributed by atoms with van der Waals surface area (Å²) in [5.41, 5.74) is 0.385. The van der Waals surface area contributed by atoms with E-state index in [2.05, 4.69) is 5.32 Å². The number of hydrogen-bond acceptors (Lipinski definition) is 12. The van der Waals surface area contributed by atoms with Crippen LogP contribution in [0.3, 0.4) is 0 Å². The van der Waals surface area contributed by atoms with Gasteiger partial charge in [0.1, 0.15) is 12.2 Å². The molecule has 0 aromatic heterocycles. The van der Waals surface area contributed by atoms with Crippen molar-refractivity contribution in [3.63, 3.8) is 0 Å². The Kier molecular flexibility index (Phi) is 21.3. The molecule has 1 unspecified atom stereocenters. The van der Waals surface area contributed by atoms with E-state index < -0.39 is 19.5 Å². The van der Waals surface area contributed by atoms with E-state index in [0.717, 1.165) is 5.56 Å². The molecule has 0 saturated carbocycles. The molecule has 0 spiro atoms. The molecule has 1 N–H and O–H groups in total. The Morgan fingerprint density at radius 2 is 1.42 bits per heavy atom. The van der Waals surface area contributed by atoms with Crippen molar-refractivity contribution in [2.45, 2.75) is 65.1 Å². The van der Waals surface area contributed by atoms with Crippen LogP contribution >= 0.6 is 7.82 Å². The van der Waals surface area contributed by atoms with Crippen molar-refractivity contribution in [1.82, 2.24) is 5.32 Å². The summed E-state index contributed by atoms with van der Waals surface area (Å²) in [6, 6.07) is 11.4. The summed E-state index contributed by atoms with van der Waals surface area (Å²) in [6.45, 7) is 7.73. The molecule has 1 atom stereocenters. The van der Waals surface area contributed by atoms with Crippen LogP contribution in [0.5, 0.6) is 0 Å². The zero-order valence-electron chi connectivity index (χ0n) is 25.6. The van der Waals surface area contributed by atoms with E-state index in [9.17, 15) is 14.2 Å². The molecular weight excluding hydrogens is 583 g/mol. The molecule has 0 saturated heterocycles. The van der Waals surface area contributed by atoms with E-state index in [1.807, 2.05) is 36.4 Å². The lowest BCUT2D eigenvalue weighted by atomic mass is 10.2. The number of ether oxygens (including phenoxy) is 5. The number of nitrogens with one attached hydrogen (secondary N) is 1. The highest BCUT2D eigenvalue weighted by molar-refractivity contribution is 7.48. The summed E-state index contributed by atoms with van der Waals surface area (Å²) >= 11 is 0. The maximum atomic E-state index is 12.9. The van der Waals surface area contributed by atoms with Crippen LogP contribution in [0.1, 0.15) is 58.4 Å². The first kappa shape index (κ1) is 38.5. The fraction of sp³-hybridized carbons (Fsp3) is 0.690. The Morgan fingerprint density at radius 3 is 2.07 bits per heavy atom. The third kappa shape index (κ3) is 23.6. The number of carbonyl (C=O) groups is 2. The minimum absolute atomic E-state index is 0.0369. The molecule has 0 fully saturated rings. The highest BCUT2D eigenvalue weighted by atomic mass is 31.2. The molecule has 1 aromatic rings. The summed E-state index contributed by atoms with van der Waals surface area (Å²) in [5.74, 6) is -0.276. The monoisotopic (exact) mass is 630 g/mol. The molecule has 0 aliphatic carbocycles. The van der Waals surface area contributed by atoms with Gasteiger partial charge in [0.2, 0.25) is 0 Å². The largest absolute Gasteiger partial charge is 0.474 e. The van der Waals surface area contributed by atoms with Crippen LogP contribution < -0.4 is 5.32 Å². The molecule has 1 amide bonds. The van der Waals surface area contributed by atoms with Crippen molar-refractivity contribution in [3.05, 3.63) is 35.9 Å². The summed E-state index contributed by atoms with van der Waals surface area (Å²) in [5, 5.41) is 11.3. The van der Waals surface area contributed by atoms with Crippen molar-refractivity contribution in [1.29, 1.82) is 5.26 Å². The number of carbonyl (C=O) groups excluding carboxylic acids is 2. The number of nitriles is 1. The minimum atomic E-state index is -3.86. The highest BCUT2D eigenvalue weighted by Gasteiger charge is 2.26. The highest BCUT2D eigenvalue weighted by Crippen LogP contribution is 2.49. The lowest BCUT2D eigenvalue weighted by Crippen LogP contribution is -2.34. The lowest BCUT2D eigenvalue weighted by Gasteiger charge is -2.19. The molecule has 0 radical (unpaired) electrons. The van der Waals surface area contributed by atoms with E-state index in [1.54, 1.807) is 20.8 Å². The molecule has 43 heavy (non-hydrogen) atoms. The Labute approximate surface area is 255 Å². The van der Waals surface area contributed by atoms with E-state index in [-0.39, 0.29) is 58.5 Å². The first-order valence-corrected chi connectivity index (χ1v) is 15.9. The number of rotatable bonds is 25. The van der Waals surface area contributed by atoms with Crippen LogP contribution in [0.25, 0.3) is 0 Å². The average molecular weight is 631 g/mol. The van der Waals surface area contributed by atoms with Gasteiger partial charge < -0.3 is 29.0 Å². The van der Waals surface area contributed by atoms with Crippen molar-refractivity contribution in [3.8, 4) is 6.07 Å². The molecule has 0 aliphatic rings. The van der Waals surface area contributed by atoms with Crippen LogP contribution in [-0.4, -0.2) is 83.7 Å². The molecular formula is C29H47N2O11P. The number of phosphoric ester groups is 1. The SMILES string of the molecule is CC(C)(C)OC(=O)NCCOCCOCCOCCOP(=O)(OCCC#N)OCCCCCC(=O)OCc1ccccc1. The van der Waals surface area contributed by atoms with Gasteiger partial charge in [-0.05, 0) is 39.2 Å². The van der Waals surface area contributed by atoms with E-state index in [0.29, 0.717) is 52.2 Å². The first-order chi connectivity index (χ1) is 20.6. The number of esters is 1. The van der Waals surface area contributed by atoms with E-state index in [4.69, 9.17) is 42.5 Å². The van der Waals surface area contributed by atoms with Gasteiger partial charge in [-0.15, -0.1) is 0 Å². The minimum Gasteiger partial charge on any atom is -0.461 e. The number of nitrogens with zero attached hydrogens (tertiary/aromatic N) is 1. The fourth-order valence-corrected chi connectivity index (χ4v) is 4.33. The molecule has 1 aromatic carbocycles. The number of amides is 1. The lowest BCUT2D eigenvalue weighted by molar-refractivity contribution is -0.145. The predicted molar refractivity (Wildman–Crippen MR) is 157 cm³/mol. The number of phosphoric acid groups is 1. The van der Waals surface area contributed by atoms with Crippen molar-refractivity contribution >= 4 is 19.9 Å². The average Bonchev–Trinajstić information content (AvgIpc) is 2.96. The van der Waals surface area contributed by atoms with Crippen LogP contribution in [-0.2, 0) is 53.2 Å². The molecule has 1 rings (SSSR count). The maximum Gasteiger partial charge on any atom is 0.474 e. The summed E-state index contributed by atoms with van der Waals surface area (Å²) in [6.07, 6.45) is 1.64. The van der Waals surface area contributed by atoms with E-state index >= 15 is 0 Å². The molecule has 0 heterocycles. The van der Waals surface area contributed by atoms with Gasteiger partial charge in [0.25, 0.3) is 0 Å². The van der Waals surface area contributed by atoms with Crippen LogP contribution in [0.2, 0.25) is 0 Å².